The fourth-order valence-electron chi connectivity index (χ4n) is 3.01. The molecular weight excluding hydrogens is 316 g/mol. The van der Waals surface area contributed by atoms with Crippen molar-refractivity contribution in [3.8, 4) is 11.1 Å². The van der Waals surface area contributed by atoms with Gasteiger partial charge in [0.2, 0.25) is 0 Å². The summed E-state index contributed by atoms with van der Waals surface area (Å²) in [6, 6.07) is 13.4. The lowest BCUT2D eigenvalue weighted by atomic mass is 9.87. The predicted molar refractivity (Wildman–Crippen MR) is 87.3 cm³/mol. The quantitative estimate of drug-likeness (QED) is 0.804. The Labute approximate surface area is 138 Å². The molecule has 2 aromatic rings. The number of nitrogens with one attached hydrogen (secondary N) is 1. The van der Waals surface area contributed by atoms with E-state index in [1.165, 1.54) is 0 Å². The molecule has 2 aromatic carbocycles. The Balaban J connectivity index is 2.13. The van der Waals surface area contributed by atoms with Gasteiger partial charge in [-0.3, -0.25) is 4.79 Å². The molecule has 0 heterocycles. The van der Waals surface area contributed by atoms with E-state index in [2.05, 4.69) is 5.32 Å². The lowest BCUT2D eigenvalue weighted by Crippen LogP contribution is -2.38. The SMILES string of the molecule is NC(=O)NC1CC1(C(=O)O)c1cc(Cl)ccc1-c1ccccc1. The molecule has 2 atom stereocenters. The molecule has 0 aliphatic heterocycles. The van der Waals surface area contributed by atoms with E-state index in [0.717, 1.165) is 11.1 Å². The number of amides is 2. The van der Waals surface area contributed by atoms with Crippen molar-refractivity contribution in [2.24, 2.45) is 5.73 Å². The van der Waals surface area contributed by atoms with Gasteiger partial charge in [-0.05, 0) is 35.2 Å². The summed E-state index contributed by atoms with van der Waals surface area (Å²) >= 11 is 6.09. The minimum absolute atomic E-state index is 0.283. The monoisotopic (exact) mass is 330 g/mol. The molecule has 118 valence electrons. The van der Waals surface area contributed by atoms with Gasteiger partial charge in [0.05, 0.1) is 6.04 Å². The minimum atomic E-state index is -1.20. The lowest BCUT2D eigenvalue weighted by molar-refractivity contribution is -0.140. The van der Waals surface area contributed by atoms with Crippen molar-refractivity contribution in [2.75, 3.05) is 0 Å². The van der Waals surface area contributed by atoms with E-state index in [9.17, 15) is 14.7 Å². The van der Waals surface area contributed by atoms with E-state index in [-0.39, 0.29) is 6.42 Å². The van der Waals surface area contributed by atoms with Crippen LogP contribution in [0.5, 0.6) is 0 Å². The highest BCUT2D eigenvalue weighted by molar-refractivity contribution is 6.30. The first kappa shape index (κ1) is 15.4. The van der Waals surface area contributed by atoms with Gasteiger partial charge in [0.1, 0.15) is 5.41 Å². The molecular formula is C17H15ClN2O3. The van der Waals surface area contributed by atoms with Gasteiger partial charge in [0, 0.05) is 5.02 Å². The first-order valence-corrected chi connectivity index (χ1v) is 7.48. The molecule has 0 radical (unpaired) electrons. The summed E-state index contributed by atoms with van der Waals surface area (Å²) in [7, 11) is 0. The molecule has 23 heavy (non-hydrogen) atoms. The number of urea groups is 1. The van der Waals surface area contributed by atoms with Gasteiger partial charge >= 0.3 is 12.0 Å². The van der Waals surface area contributed by atoms with Gasteiger partial charge in [-0.15, -0.1) is 0 Å². The van der Waals surface area contributed by atoms with Gasteiger partial charge in [-0.1, -0.05) is 48.0 Å². The van der Waals surface area contributed by atoms with Crippen molar-refractivity contribution < 1.29 is 14.7 Å². The topological polar surface area (TPSA) is 92.4 Å². The Bertz CT molecular complexity index is 779. The van der Waals surface area contributed by atoms with Crippen molar-refractivity contribution in [1.29, 1.82) is 0 Å². The molecule has 4 N–H and O–H groups in total. The Morgan fingerprint density at radius 1 is 1.22 bits per heavy atom. The second-order valence-electron chi connectivity index (χ2n) is 5.60. The third kappa shape index (κ3) is 2.64. The van der Waals surface area contributed by atoms with Crippen LogP contribution in [-0.4, -0.2) is 23.1 Å². The van der Waals surface area contributed by atoms with E-state index in [0.29, 0.717) is 10.6 Å². The Hall–Kier alpha value is -2.53. The molecule has 0 saturated heterocycles. The third-order valence-corrected chi connectivity index (χ3v) is 4.44. The summed E-state index contributed by atoms with van der Waals surface area (Å²) < 4.78 is 0. The molecule has 1 aliphatic rings. The van der Waals surface area contributed by atoms with Crippen molar-refractivity contribution in [1.82, 2.24) is 5.32 Å². The summed E-state index contributed by atoms with van der Waals surface area (Å²) in [6.45, 7) is 0. The maximum absolute atomic E-state index is 11.9. The van der Waals surface area contributed by atoms with Crippen molar-refractivity contribution >= 4 is 23.6 Å². The van der Waals surface area contributed by atoms with Gasteiger partial charge in [-0.25, -0.2) is 4.79 Å². The van der Waals surface area contributed by atoms with Crippen LogP contribution in [0, 0.1) is 0 Å². The second-order valence-corrected chi connectivity index (χ2v) is 6.03. The van der Waals surface area contributed by atoms with Crippen molar-refractivity contribution in [3.63, 3.8) is 0 Å². The maximum Gasteiger partial charge on any atom is 0.316 e. The fraction of sp³-hybridized carbons (Fsp3) is 0.176. The van der Waals surface area contributed by atoms with Crippen LogP contribution in [0.25, 0.3) is 11.1 Å². The Morgan fingerprint density at radius 3 is 2.52 bits per heavy atom. The van der Waals surface area contributed by atoms with Crippen LogP contribution in [-0.2, 0) is 10.2 Å². The van der Waals surface area contributed by atoms with Gasteiger partial charge in [-0.2, -0.15) is 0 Å². The van der Waals surface area contributed by atoms with Crippen LogP contribution in [0.4, 0.5) is 4.79 Å². The standard InChI is InChI=1S/C17H15ClN2O3/c18-11-6-7-12(10-4-2-1-3-5-10)13(8-11)17(15(21)22)9-14(17)20-16(19)23/h1-8,14H,9H2,(H,21,22)(H3,19,20,23). The average molecular weight is 331 g/mol. The van der Waals surface area contributed by atoms with Crippen LogP contribution in [0.1, 0.15) is 12.0 Å². The number of primary amides is 1. The summed E-state index contributed by atoms with van der Waals surface area (Å²) in [5.74, 6) is -1.00. The number of benzene rings is 2. The van der Waals surface area contributed by atoms with Gasteiger partial charge in [0.15, 0.2) is 0 Å². The molecule has 3 rings (SSSR count). The number of rotatable bonds is 4. The lowest BCUT2D eigenvalue weighted by Gasteiger charge is -2.18. The molecule has 2 unspecified atom stereocenters. The van der Waals surface area contributed by atoms with E-state index in [1.54, 1.807) is 18.2 Å². The first-order chi connectivity index (χ1) is 10.9. The number of nitrogens with two attached hydrogens (primary N) is 1. The summed E-state index contributed by atoms with van der Waals surface area (Å²) in [6.07, 6.45) is 0.283. The molecule has 5 nitrogen and oxygen atoms in total. The van der Waals surface area contributed by atoms with E-state index in [4.69, 9.17) is 17.3 Å². The fourth-order valence-corrected chi connectivity index (χ4v) is 3.19. The van der Waals surface area contributed by atoms with Gasteiger partial charge < -0.3 is 16.2 Å². The zero-order chi connectivity index (χ0) is 16.6. The van der Waals surface area contributed by atoms with E-state index < -0.39 is 23.5 Å². The number of carbonyl (C=O) groups is 2. The smallest absolute Gasteiger partial charge is 0.316 e. The number of aliphatic carboxylic acids is 1. The normalized spacial score (nSPS) is 22.4. The number of halogens is 1. The summed E-state index contributed by atoms with van der Waals surface area (Å²) in [5.41, 5.74) is 6.20. The number of carboxylic acids is 1. The summed E-state index contributed by atoms with van der Waals surface area (Å²) in [4.78, 5) is 23.0. The minimum Gasteiger partial charge on any atom is -0.481 e. The Morgan fingerprint density at radius 2 is 1.91 bits per heavy atom. The predicted octanol–water partition coefficient (Wildman–Crippen LogP) is 2.77. The van der Waals surface area contributed by atoms with Crippen LogP contribution >= 0.6 is 11.6 Å². The Kier molecular flexibility index (Phi) is 3.74. The zero-order valence-electron chi connectivity index (χ0n) is 12.1. The highest BCUT2D eigenvalue weighted by Crippen LogP contribution is 2.52. The molecule has 1 aliphatic carbocycles. The van der Waals surface area contributed by atoms with Crippen molar-refractivity contribution in [2.45, 2.75) is 17.9 Å². The van der Waals surface area contributed by atoms with Gasteiger partial charge in [0.25, 0.3) is 0 Å². The average Bonchev–Trinajstić information content (AvgIpc) is 3.22. The molecule has 1 fully saturated rings. The summed E-state index contributed by atoms with van der Waals surface area (Å²) in [5, 5.41) is 12.7. The number of hydrogen-bond acceptors (Lipinski definition) is 2. The number of hydrogen-bond donors (Lipinski definition) is 3. The molecule has 0 bridgehead atoms. The van der Waals surface area contributed by atoms with Crippen LogP contribution < -0.4 is 11.1 Å². The van der Waals surface area contributed by atoms with Crippen LogP contribution in [0.15, 0.2) is 48.5 Å². The second kappa shape index (κ2) is 5.59. The van der Waals surface area contributed by atoms with E-state index >= 15 is 0 Å². The van der Waals surface area contributed by atoms with E-state index in [1.807, 2.05) is 30.3 Å². The van der Waals surface area contributed by atoms with Crippen molar-refractivity contribution in [3.05, 3.63) is 59.1 Å². The third-order valence-electron chi connectivity index (χ3n) is 4.21. The number of carboxylic acid groups (broad SMARTS) is 1. The zero-order valence-corrected chi connectivity index (χ0v) is 12.9. The molecule has 1 saturated carbocycles. The largest absolute Gasteiger partial charge is 0.481 e. The highest BCUT2D eigenvalue weighted by atomic mass is 35.5. The number of carbonyl (C=O) groups excluding carboxylic acids is 1. The first-order valence-electron chi connectivity index (χ1n) is 7.10. The molecule has 2 amide bonds. The maximum atomic E-state index is 11.9. The molecule has 0 aromatic heterocycles. The van der Waals surface area contributed by atoms with Crippen LogP contribution in [0.2, 0.25) is 5.02 Å². The molecule has 0 spiro atoms. The highest BCUT2D eigenvalue weighted by Gasteiger charge is 2.63. The molecule has 6 heteroatoms. The van der Waals surface area contributed by atoms with Crippen LogP contribution in [0.3, 0.4) is 0 Å².